The van der Waals surface area contributed by atoms with Crippen molar-refractivity contribution in [2.24, 2.45) is 5.73 Å². The Labute approximate surface area is 109 Å². The highest BCUT2D eigenvalue weighted by Crippen LogP contribution is 2.15. The van der Waals surface area contributed by atoms with Gasteiger partial charge in [-0.25, -0.2) is 12.7 Å². The zero-order valence-corrected chi connectivity index (χ0v) is 11.7. The summed E-state index contributed by atoms with van der Waals surface area (Å²) < 4.78 is 25.5. The summed E-state index contributed by atoms with van der Waals surface area (Å²) in [5, 5.41) is 2.83. The summed E-state index contributed by atoms with van der Waals surface area (Å²) in [7, 11) is -3.14. The molecule has 0 bridgehead atoms. The summed E-state index contributed by atoms with van der Waals surface area (Å²) >= 11 is 0. The first-order chi connectivity index (χ1) is 8.45. The molecule has 106 valence electrons. The van der Waals surface area contributed by atoms with Crippen LogP contribution in [-0.4, -0.2) is 50.1 Å². The van der Waals surface area contributed by atoms with Crippen LogP contribution in [0, 0.1) is 0 Å². The van der Waals surface area contributed by atoms with Crippen LogP contribution in [0.25, 0.3) is 0 Å². The molecule has 0 aromatic carbocycles. The molecule has 0 saturated carbocycles. The Morgan fingerprint density at radius 1 is 1.33 bits per heavy atom. The normalized spacial score (nSPS) is 18.8. The van der Waals surface area contributed by atoms with E-state index in [2.05, 4.69) is 5.32 Å². The lowest BCUT2D eigenvalue weighted by Gasteiger charge is -2.31. The van der Waals surface area contributed by atoms with Crippen LogP contribution in [0.15, 0.2) is 0 Å². The summed E-state index contributed by atoms with van der Waals surface area (Å²) in [5.41, 5.74) is 5.35. The molecule has 0 radical (unpaired) electrons. The number of sulfonamides is 1. The number of nitrogens with two attached hydrogens (primary N) is 1. The van der Waals surface area contributed by atoms with Crippen LogP contribution in [0.3, 0.4) is 0 Å². The van der Waals surface area contributed by atoms with Crippen molar-refractivity contribution in [2.45, 2.75) is 38.6 Å². The molecule has 0 aromatic rings. The van der Waals surface area contributed by atoms with E-state index in [1.165, 1.54) is 11.2 Å². The molecule has 0 aliphatic carbocycles. The maximum absolute atomic E-state index is 12.0. The van der Waals surface area contributed by atoms with Crippen LogP contribution in [0.1, 0.15) is 32.6 Å². The summed E-state index contributed by atoms with van der Waals surface area (Å²) in [4.78, 5) is 10.9. The molecule has 0 spiro atoms. The fourth-order valence-corrected chi connectivity index (χ4v) is 3.72. The number of nitrogens with one attached hydrogen (secondary N) is 1. The second-order valence-electron chi connectivity index (χ2n) is 4.69. The van der Waals surface area contributed by atoms with Gasteiger partial charge in [0.05, 0.1) is 5.75 Å². The first kappa shape index (κ1) is 15.4. The largest absolute Gasteiger partial charge is 0.354 e. The smallest absolute Gasteiger partial charge is 0.217 e. The number of amides is 1. The highest BCUT2D eigenvalue weighted by atomic mass is 32.2. The number of hydrogen-bond donors (Lipinski definition) is 2. The fourth-order valence-electron chi connectivity index (χ4n) is 2.12. The lowest BCUT2D eigenvalue weighted by Crippen LogP contribution is -2.46. The van der Waals surface area contributed by atoms with E-state index in [1.807, 2.05) is 0 Å². The number of carbonyl (C=O) groups excluding carboxylic acids is 1. The summed E-state index contributed by atoms with van der Waals surface area (Å²) in [6.45, 7) is 3.00. The standard InChI is InChI=1S/C11H23N3O3S/c1-10(15)13-11-4-7-14(8-5-11)18(16,17)9-3-2-6-12/h11H,2-9,12H2,1H3,(H,13,15). The van der Waals surface area contributed by atoms with Gasteiger partial charge in [-0.2, -0.15) is 0 Å². The molecule has 1 aliphatic heterocycles. The third kappa shape index (κ3) is 4.91. The molecule has 6 nitrogen and oxygen atoms in total. The molecule has 0 atom stereocenters. The number of nitrogens with zero attached hydrogens (tertiary/aromatic N) is 1. The SMILES string of the molecule is CC(=O)NC1CCN(S(=O)(=O)CCCCN)CC1. The van der Waals surface area contributed by atoms with Gasteiger partial charge in [0.1, 0.15) is 0 Å². The number of hydrogen-bond acceptors (Lipinski definition) is 4. The Morgan fingerprint density at radius 2 is 1.94 bits per heavy atom. The second-order valence-corrected chi connectivity index (χ2v) is 6.77. The average molecular weight is 277 g/mol. The van der Waals surface area contributed by atoms with Crippen LogP contribution in [0.2, 0.25) is 0 Å². The Balaban J connectivity index is 2.39. The highest BCUT2D eigenvalue weighted by molar-refractivity contribution is 7.89. The summed E-state index contributed by atoms with van der Waals surface area (Å²) in [6, 6.07) is 0.109. The molecule has 1 aliphatic rings. The van der Waals surface area contributed by atoms with Crippen molar-refractivity contribution in [1.29, 1.82) is 0 Å². The molecule has 7 heteroatoms. The quantitative estimate of drug-likeness (QED) is 0.649. The minimum absolute atomic E-state index is 0.0562. The third-order valence-electron chi connectivity index (χ3n) is 3.11. The van der Waals surface area contributed by atoms with Crippen LogP contribution in [0.5, 0.6) is 0 Å². The molecular formula is C11H23N3O3S. The van der Waals surface area contributed by atoms with E-state index in [0.29, 0.717) is 38.9 Å². The van der Waals surface area contributed by atoms with Crippen LogP contribution >= 0.6 is 0 Å². The van der Waals surface area contributed by atoms with Gasteiger partial charge in [-0.1, -0.05) is 0 Å². The van der Waals surface area contributed by atoms with Gasteiger partial charge in [0.2, 0.25) is 15.9 Å². The van der Waals surface area contributed by atoms with Crippen molar-refractivity contribution in [1.82, 2.24) is 9.62 Å². The molecule has 1 saturated heterocycles. The second kappa shape index (κ2) is 7.06. The Bertz CT molecular complexity index is 362. The third-order valence-corrected chi connectivity index (χ3v) is 5.07. The van der Waals surface area contributed by atoms with Crippen LogP contribution < -0.4 is 11.1 Å². The first-order valence-electron chi connectivity index (χ1n) is 6.40. The maximum atomic E-state index is 12.0. The van der Waals surface area contributed by atoms with Crippen molar-refractivity contribution < 1.29 is 13.2 Å². The molecule has 0 aromatic heterocycles. The molecule has 3 N–H and O–H groups in total. The van der Waals surface area contributed by atoms with Crippen LogP contribution in [0.4, 0.5) is 0 Å². The van der Waals surface area contributed by atoms with E-state index in [1.54, 1.807) is 0 Å². The Hall–Kier alpha value is -0.660. The predicted octanol–water partition coefficient (Wildman–Crippen LogP) is -0.344. The minimum Gasteiger partial charge on any atom is -0.354 e. The molecule has 1 heterocycles. The molecule has 1 amide bonds. The van der Waals surface area contributed by atoms with Crippen molar-refractivity contribution in [3.8, 4) is 0 Å². The van der Waals surface area contributed by atoms with Gasteiger partial charge in [-0.15, -0.1) is 0 Å². The monoisotopic (exact) mass is 277 g/mol. The van der Waals surface area contributed by atoms with Gasteiger partial charge in [-0.3, -0.25) is 4.79 Å². The van der Waals surface area contributed by atoms with Gasteiger partial charge >= 0.3 is 0 Å². The Kier molecular flexibility index (Phi) is 6.04. The fraction of sp³-hybridized carbons (Fsp3) is 0.909. The average Bonchev–Trinajstić information content (AvgIpc) is 2.29. The minimum atomic E-state index is -3.14. The lowest BCUT2D eigenvalue weighted by atomic mass is 10.1. The molecule has 18 heavy (non-hydrogen) atoms. The van der Waals surface area contributed by atoms with Gasteiger partial charge in [0, 0.05) is 26.1 Å². The van der Waals surface area contributed by atoms with Crippen molar-refractivity contribution in [3.05, 3.63) is 0 Å². The Morgan fingerprint density at radius 3 is 2.44 bits per heavy atom. The lowest BCUT2D eigenvalue weighted by molar-refractivity contribution is -0.119. The molecular weight excluding hydrogens is 254 g/mol. The molecule has 1 rings (SSSR count). The zero-order chi connectivity index (χ0) is 13.6. The van der Waals surface area contributed by atoms with E-state index < -0.39 is 10.0 Å². The van der Waals surface area contributed by atoms with Gasteiger partial charge in [0.25, 0.3) is 0 Å². The van der Waals surface area contributed by atoms with Gasteiger partial charge < -0.3 is 11.1 Å². The van der Waals surface area contributed by atoms with E-state index in [4.69, 9.17) is 5.73 Å². The van der Waals surface area contributed by atoms with Crippen molar-refractivity contribution in [2.75, 3.05) is 25.4 Å². The van der Waals surface area contributed by atoms with Gasteiger partial charge in [0.15, 0.2) is 0 Å². The molecule has 1 fully saturated rings. The zero-order valence-electron chi connectivity index (χ0n) is 10.9. The van der Waals surface area contributed by atoms with Crippen molar-refractivity contribution >= 4 is 15.9 Å². The number of rotatable bonds is 6. The van der Waals surface area contributed by atoms with Crippen LogP contribution in [-0.2, 0) is 14.8 Å². The topological polar surface area (TPSA) is 92.5 Å². The maximum Gasteiger partial charge on any atom is 0.217 e. The highest BCUT2D eigenvalue weighted by Gasteiger charge is 2.27. The number of unbranched alkanes of at least 4 members (excludes halogenated alkanes) is 1. The van der Waals surface area contributed by atoms with E-state index in [9.17, 15) is 13.2 Å². The summed E-state index contributed by atoms with van der Waals surface area (Å²) in [5.74, 6) is 0.119. The predicted molar refractivity (Wildman–Crippen MR) is 70.5 cm³/mol. The van der Waals surface area contributed by atoms with Crippen molar-refractivity contribution in [3.63, 3.8) is 0 Å². The number of carbonyl (C=O) groups is 1. The summed E-state index contributed by atoms with van der Waals surface area (Å²) in [6.07, 6.45) is 2.73. The van der Waals surface area contributed by atoms with E-state index in [-0.39, 0.29) is 17.7 Å². The number of piperidine rings is 1. The molecule has 0 unspecified atom stereocenters. The first-order valence-corrected chi connectivity index (χ1v) is 8.01. The van der Waals surface area contributed by atoms with E-state index >= 15 is 0 Å². The van der Waals surface area contributed by atoms with E-state index in [0.717, 1.165) is 6.42 Å². The van der Waals surface area contributed by atoms with Gasteiger partial charge in [-0.05, 0) is 32.2 Å².